The lowest BCUT2D eigenvalue weighted by molar-refractivity contribution is 0.427. The van der Waals surface area contributed by atoms with Crippen molar-refractivity contribution in [2.24, 2.45) is 5.10 Å². The summed E-state index contributed by atoms with van der Waals surface area (Å²) in [6, 6.07) is 18.1. The molecule has 1 saturated carbocycles. The number of aromatic amines is 1. The first-order valence-corrected chi connectivity index (χ1v) is 9.82. The molecule has 3 aromatic rings. The van der Waals surface area contributed by atoms with Gasteiger partial charge in [0.1, 0.15) is 0 Å². The minimum atomic E-state index is -0.0733. The molecule has 2 N–H and O–H groups in total. The minimum absolute atomic E-state index is 0.0428. The Balaban J connectivity index is 1.56. The van der Waals surface area contributed by atoms with Crippen molar-refractivity contribution in [3.63, 3.8) is 0 Å². The van der Waals surface area contributed by atoms with Gasteiger partial charge >= 0.3 is 0 Å². The molecule has 1 heterocycles. The molecule has 0 amide bonds. The summed E-state index contributed by atoms with van der Waals surface area (Å²) in [7, 11) is 0. The van der Waals surface area contributed by atoms with Gasteiger partial charge in [-0.25, -0.2) is 10.4 Å². The molecule has 0 radical (unpaired) electrons. The van der Waals surface area contributed by atoms with Crippen molar-refractivity contribution in [1.82, 2.24) is 9.97 Å². The highest BCUT2D eigenvalue weighted by Crippen LogP contribution is 2.49. The maximum absolute atomic E-state index is 13.1. The number of aromatic nitrogens is 2. The average molecular weight is 370 g/mol. The van der Waals surface area contributed by atoms with Crippen LogP contribution in [0.15, 0.2) is 64.5 Å². The Morgan fingerprint density at radius 2 is 1.79 bits per heavy atom. The van der Waals surface area contributed by atoms with Crippen molar-refractivity contribution in [2.45, 2.75) is 37.5 Å². The number of rotatable bonds is 3. The fraction of sp³-hybridized carbons (Fsp3) is 0.261. The van der Waals surface area contributed by atoms with E-state index in [9.17, 15) is 4.79 Å². The Morgan fingerprint density at radius 1 is 1.04 bits per heavy atom. The Labute approximate surface area is 163 Å². The zero-order valence-electron chi connectivity index (χ0n) is 15.6. The van der Waals surface area contributed by atoms with Crippen LogP contribution in [0.1, 0.15) is 42.4 Å². The van der Waals surface area contributed by atoms with Gasteiger partial charge in [0.05, 0.1) is 17.5 Å². The second-order valence-corrected chi connectivity index (χ2v) is 7.74. The van der Waals surface area contributed by atoms with Crippen molar-refractivity contribution in [3.05, 3.63) is 81.6 Å². The SMILES string of the molecule is O=c1[nH]c(NN=Cc2ccccc2)nc2c1C1(CCCC1)Cc1ccccc1-2. The fourth-order valence-corrected chi connectivity index (χ4v) is 4.76. The van der Waals surface area contributed by atoms with Crippen LogP contribution in [0, 0.1) is 0 Å². The second-order valence-electron chi connectivity index (χ2n) is 7.74. The lowest BCUT2D eigenvalue weighted by atomic mass is 9.68. The molecule has 0 atom stereocenters. The molecule has 28 heavy (non-hydrogen) atoms. The van der Waals surface area contributed by atoms with Crippen LogP contribution >= 0.6 is 0 Å². The summed E-state index contributed by atoms with van der Waals surface area (Å²) >= 11 is 0. The number of hydrazone groups is 1. The number of H-pyrrole nitrogens is 1. The molecule has 2 aliphatic rings. The predicted octanol–water partition coefficient (Wildman–Crippen LogP) is 4.25. The summed E-state index contributed by atoms with van der Waals surface area (Å²) in [6.45, 7) is 0. The number of benzene rings is 2. The lowest BCUT2D eigenvalue weighted by Crippen LogP contribution is -2.37. The molecule has 1 fully saturated rings. The summed E-state index contributed by atoms with van der Waals surface area (Å²) in [5.74, 6) is 0.376. The van der Waals surface area contributed by atoms with E-state index >= 15 is 0 Å². The Kier molecular flexibility index (Phi) is 4.08. The van der Waals surface area contributed by atoms with E-state index < -0.39 is 0 Å². The van der Waals surface area contributed by atoms with Gasteiger partial charge in [-0.1, -0.05) is 67.4 Å². The highest BCUT2D eigenvalue weighted by Gasteiger charge is 2.43. The number of nitrogens with one attached hydrogen (secondary N) is 2. The van der Waals surface area contributed by atoms with Crippen molar-refractivity contribution in [2.75, 3.05) is 5.43 Å². The normalized spacial score (nSPS) is 16.9. The van der Waals surface area contributed by atoms with Gasteiger partial charge in [0.15, 0.2) is 0 Å². The summed E-state index contributed by atoms with van der Waals surface area (Å²) in [6.07, 6.45) is 7.09. The summed E-state index contributed by atoms with van der Waals surface area (Å²) < 4.78 is 0. The van der Waals surface area contributed by atoms with E-state index in [0.717, 1.165) is 41.6 Å². The molecule has 1 spiro atoms. The third-order valence-electron chi connectivity index (χ3n) is 6.00. The quantitative estimate of drug-likeness (QED) is 0.535. The fourth-order valence-electron chi connectivity index (χ4n) is 4.76. The topological polar surface area (TPSA) is 70.1 Å². The molecule has 2 aliphatic carbocycles. The number of hydrogen-bond donors (Lipinski definition) is 2. The van der Waals surface area contributed by atoms with Crippen LogP contribution in [0.2, 0.25) is 0 Å². The van der Waals surface area contributed by atoms with Gasteiger partial charge in [0.2, 0.25) is 5.95 Å². The second kappa shape index (κ2) is 6.75. The van der Waals surface area contributed by atoms with E-state index in [0.29, 0.717) is 5.95 Å². The summed E-state index contributed by atoms with van der Waals surface area (Å²) in [5.41, 5.74) is 7.78. The van der Waals surface area contributed by atoms with Gasteiger partial charge in [-0.05, 0) is 30.4 Å². The molecule has 5 heteroatoms. The largest absolute Gasteiger partial charge is 0.291 e. The molecule has 1 aromatic heterocycles. The van der Waals surface area contributed by atoms with Crippen LogP contribution in [0.5, 0.6) is 0 Å². The molecular weight excluding hydrogens is 348 g/mol. The molecule has 0 saturated heterocycles. The average Bonchev–Trinajstić information content (AvgIpc) is 3.17. The molecule has 5 nitrogen and oxygen atoms in total. The lowest BCUT2D eigenvalue weighted by Gasteiger charge is -2.35. The van der Waals surface area contributed by atoms with Crippen LogP contribution in [-0.4, -0.2) is 16.2 Å². The van der Waals surface area contributed by atoms with Crippen molar-refractivity contribution >= 4 is 12.2 Å². The molecular formula is C23H22N4O. The maximum atomic E-state index is 13.1. The Morgan fingerprint density at radius 3 is 2.61 bits per heavy atom. The zero-order valence-corrected chi connectivity index (χ0v) is 15.6. The van der Waals surface area contributed by atoms with Crippen LogP contribution in [0.25, 0.3) is 11.3 Å². The van der Waals surface area contributed by atoms with Gasteiger partial charge in [0.25, 0.3) is 5.56 Å². The highest BCUT2D eigenvalue weighted by atomic mass is 16.1. The summed E-state index contributed by atoms with van der Waals surface area (Å²) in [5, 5.41) is 4.24. The highest BCUT2D eigenvalue weighted by molar-refractivity contribution is 5.80. The van der Waals surface area contributed by atoms with E-state index in [-0.39, 0.29) is 11.0 Å². The maximum Gasteiger partial charge on any atom is 0.256 e. The third kappa shape index (κ3) is 2.83. The molecule has 0 unspecified atom stereocenters. The number of hydrogen-bond acceptors (Lipinski definition) is 4. The predicted molar refractivity (Wildman–Crippen MR) is 112 cm³/mol. The van der Waals surface area contributed by atoms with E-state index in [2.05, 4.69) is 33.7 Å². The number of nitrogens with zero attached hydrogens (tertiary/aromatic N) is 2. The van der Waals surface area contributed by atoms with Gasteiger partial charge in [-0.3, -0.25) is 9.78 Å². The molecule has 140 valence electrons. The van der Waals surface area contributed by atoms with E-state index in [1.807, 2.05) is 36.4 Å². The van der Waals surface area contributed by atoms with E-state index in [1.54, 1.807) is 6.21 Å². The first kappa shape index (κ1) is 16.9. The van der Waals surface area contributed by atoms with Crippen LogP contribution in [0.3, 0.4) is 0 Å². The first-order valence-electron chi connectivity index (χ1n) is 9.82. The molecule has 5 rings (SSSR count). The third-order valence-corrected chi connectivity index (χ3v) is 6.00. The molecule has 2 aromatic carbocycles. The van der Waals surface area contributed by atoms with E-state index in [1.165, 1.54) is 18.4 Å². The van der Waals surface area contributed by atoms with Crippen molar-refractivity contribution in [3.8, 4) is 11.3 Å². The zero-order chi connectivity index (χ0) is 19.0. The van der Waals surface area contributed by atoms with Crippen molar-refractivity contribution < 1.29 is 0 Å². The van der Waals surface area contributed by atoms with Gasteiger partial charge < -0.3 is 0 Å². The van der Waals surface area contributed by atoms with Crippen LogP contribution in [0.4, 0.5) is 5.95 Å². The van der Waals surface area contributed by atoms with E-state index in [4.69, 9.17) is 4.98 Å². The molecule has 0 aliphatic heterocycles. The van der Waals surface area contributed by atoms with Crippen molar-refractivity contribution in [1.29, 1.82) is 0 Å². The summed E-state index contributed by atoms with van der Waals surface area (Å²) in [4.78, 5) is 20.8. The van der Waals surface area contributed by atoms with Gasteiger partial charge in [0, 0.05) is 11.0 Å². The molecule has 0 bridgehead atoms. The first-order chi connectivity index (χ1) is 13.8. The van der Waals surface area contributed by atoms with Gasteiger partial charge in [-0.2, -0.15) is 5.10 Å². The standard InChI is InChI=1S/C23H22N4O/c28-21-19-20(25-22(26-21)27-24-15-16-8-2-1-3-9-16)18-11-5-4-10-17(18)14-23(19)12-6-7-13-23/h1-5,8-11,15H,6-7,12-14H2,(H2,25,26,27,28). The van der Waals surface area contributed by atoms with Crippen LogP contribution in [-0.2, 0) is 11.8 Å². The minimum Gasteiger partial charge on any atom is -0.291 e. The van der Waals surface area contributed by atoms with Gasteiger partial charge in [-0.15, -0.1) is 0 Å². The smallest absolute Gasteiger partial charge is 0.256 e. The number of fused-ring (bicyclic) bond motifs is 4. The Hall–Kier alpha value is -3.21. The van der Waals surface area contributed by atoms with Crippen LogP contribution < -0.4 is 11.0 Å². The Bertz CT molecular complexity index is 1100. The number of anilines is 1. The monoisotopic (exact) mass is 370 g/mol.